The summed E-state index contributed by atoms with van der Waals surface area (Å²) < 4.78 is 5.50. The maximum atomic E-state index is 10.9. The topological polar surface area (TPSA) is 94.9 Å². The van der Waals surface area contributed by atoms with E-state index >= 15 is 0 Å². The molecule has 7 heteroatoms. The van der Waals surface area contributed by atoms with Gasteiger partial charge in [0.15, 0.2) is 0 Å². The molecule has 108 valence electrons. The van der Waals surface area contributed by atoms with E-state index in [4.69, 9.17) is 4.42 Å². The van der Waals surface area contributed by atoms with Crippen molar-refractivity contribution in [3.63, 3.8) is 0 Å². The van der Waals surface area contributed by atoms with Gasteiger partial charge in [-0.15, -0.1) is 0 Å². The number of benzene rings is 1. The smallest absolute Gasteiger partial charge is 0.331 e. The molecule has 0 amide bonds. The zero-order valence-electron chi connectivity index (χ0n) is 11.4. The molecule has 1 heterocycles. The number of nitro groups is 1. The van der Waals surface area contributed by atoms with E-state index in [0.29, 0.717) is 22.6 Å². The number of hydrogen-bond acceptors (Lipinski definition) is 6. The average molecular weight is 288 g/mol. The van der Waals surface area contributed by atoms with Crippen LogP contribution < -0.4 is 0 Å². The molecule has 0 saturated heterocycles. The SMILES string of the molecule is CC(=O)O/N=C\c1ccc(-c2cccc([N+](=O)[O-])c2C)o1. The van der Waals surface area contributed by atoms with Crippen LogP contribution in [0.2, 0.25) is 0 Å². The van der Waals surface area contributed by atoms with E-state index in [2.05, 4.69) is 9.99 Å². The highest BCUT2D eigenvalue weighted by Crippen LogP contribution is 2.30. The predicted molar refractivity (Wildman–Crippen MR) is 74.9 cm³/mol. The van der Waals surface area contributed by atoms with Crippen molar-refractivity contribution in [2.24, 2.45) is 5.16 Å². The van der Waals surface area contributed by atoms with Crippen molar-refractivity contribution >= 4 is 17.9 Å². The Morgan fingerprint density at radius 3 is 2.81 bits per heavy atom. The lowest BCUT2D eigenvalue weighted by Crippen LogP contribution is -1.93. The Hall–Kier alpha value is -2.96. The lowest BCUT2D eigenvalue weighted by molar-refractivity contribution is -0.385. The average Bonchev–Trinajstić information content (AvgIpc) is 2.86. The van der Waals surface area contributed by atoms with E-state index in [1.54, 1.807) is 31.2 Å². The second kappa shape index (κ2) is 6.00. The Kier molecular flexibility index (Phi) is 4.13. The number of nitro benzene ring substituents is 1. The first-order valence-corrected chi connectivity index (χ1v) is 6.04. The third kappa shape index (κ3) is 3.33. The Morgan fingerprint density at radius 1 is 1.38 bits per heavy atom. The van der Waals surface area contributed by atoms with Gasteiger partial charge in [-0.2, -0.15) is 0 Å². The summed E-state index contributed by atoms with van der Waals surface area (Å²) in [5, 5.41) is 14.4. The number of carbonyl (C=O) groups is 1. The van der Waals surface area contributed by atoms with Gasteiger partial charge in [0, 0.05) is 24.1 Å². The summed E-state index contributed by atoms with van der Waals surface area (Å²) in [7, 11) is 0. The van der Waals surface area contributed by atoms with E-state index in [9.17, 15) is 14.9 Å². The summed E-state index contributed by atoms with van der Waals surface area (Å²) in [6.45, 7) is 2.89. The molecule has 0 unspecified atom stereocenters. The quantitative estimate of drug-likeness (QED) is 0.373. The lowest BCUT2D eigenvalue weighted by Gasteiger charge is -2.02. The monoisotopic (exact) mass is 288 g/mol. The minimum atomic E-state index is -0.535. The first-order chi connectivity index (χ1) is 9.99. The number of nitrogens with zero attached hydrogens (tertiary/aromatic N) is 2. The summed E-state index contributed by atoms with van der Waals surface area (Å²) in [6.07, 6.45) is 1.25. The Bertz CT molecular complexity index is 718. The summed E-state index contributed by atoms with van der Waals surface area (Å²) >= 11 is 0. The minimum Gasteiger partial charge on any atom is -0.455 e. The van der Waals surface area contributed by atoms with Crippen molar-refractivity contribution in [1.29, 1.82) is 0 Å². The van der Waals surface area contributed by atoms with Gasteiger partial charge in [-0.05, 0) is 19.1 Å². The minimum absolute atomic E-state index is 0.0269. The highest BCUT2D eigenvalue weighted by atomic mass is 16.7. The van der Waals surface area contributed by atoms with Gasteiger partial charge in [0.2, 0.25) is 0 Å². The van der Waals surface area contributed by atoms with Gasteiger partial charge in [-0.25, -0.2) is 4.79 Å². The molecular weight excluding hydrogens is 276 g/mol. The molecule has 1 aromatic heterocycles. The second-order valence-corrected chi connectivity index (χ2v) is 4.23. The maximum Gasteiger partial charge on any atom is 0.331 e. The highest BCUT2D eigenvalue weighted by Gasteiger charge is 2.16. The fraction of sp³-hybridized carbons (Fsp3) is 0.143. The number of furan rings is 1. The Labute approximate surface area is 120 Å². The summed E-state index contributed by atoms with van der Waals surface area (Å²) in [4.78, 5) is 25.5. The van der Waals surface area contributed by atoms with Crippen molar-refractivity contribution in [1.82, 2.24) is 0 Å². The lowest BCUT2D eigenvalue weighted by atomic mass is 10.1. The molecule has 0 aliphatic rings. The van der Waals surface area contributed by atoms with Crippen LogP contribution in [0.3, 0.4) is 0 Å². The molecule has 2 aromatic rings. The molecule has 21 heavy (non-hydrogen) atoms. The third-order valence-corrected chi connectivity index (χ3v) is 2.76. The fourth-order valence-electron chi connectivity index (χ4n) is 1.81. The van der Waals surface area contributed by atoms with Crippen LogP contribution in [-0.2, 0) is 9.63 Å². The van der Waals surface area contributed by atoms with Crippen LogP contribution in [0.4, 0.5) is 5.69 Å². The van der Waals surface area contributed by atoms with Crippen LogP contribution >= 0.6 is 0 Å². The maximum absolute atomic E-state index is 10.9. The zero-order valence-corrected chi connectivity index (χ0v) is 11.4. The van der Waals surface area contributed by atoms with Crippen molar-refractivity contribution in [2.45, 2.75) is 13.8 Å². The molecule has 0 radical (unpaired) electrons. The Balaban J connectivity index is 2.30. The number of carbonyl (C=O) groups excluding carboxylic acids is 1. The van der Waals surface area contributed by atoms with E-state index in [-0.39, 0.29) is 5.69 Å². The first kappa shape index (κ1) is 14.4. The molecule has 7 nitrogen and oxygen atoms in total. The van der Waals surface area contributed by atoms with Gasteiger partial charge in [0.05, 0.1) is 4.92 Å². The first-order valence-electron chi connectivity index (χ1n) is 6.04. The predicted octanol–water partition coefficient (Wildman–Crippen LogP) is 3.06. The molecule has 0 atom stereocenters. The van der Waals surface area contributed by atoms with Gasteiger partial charge < -0.3 is 9.25 Å². The van der Waals surface area contributed by atoms with Crippen molar-refractivity contribution in [2.75, 3.05) is 0 Å². The molecule has 2 rings (SSSR count). The number of oxime groups is 1. The highest BCUT2D eigenvalue weighted by molar-refractivity contribution is 5.78. The molecule has 0 aliphatic carbocycles. The van der Waals surface area contributed by atoms with Gasteiger partial charge in [0.1, 0.15) is 17.7 Å². The van der Waals surface area contributed by atoms with Crippen molar-refractivity contribution < 1.29 is 19.0 Å². The van der Waals surface area contributed by atoms with Crippen LogP contribution in [-0.4, -0.2) is 17.1 Å². The number of hydrogen-bond donors (Lipinski definition) is 0. The summed E-state index contributed by atoms with van der Waals surface area (Å²) in [5.74, 6) is 0.310. The van der Waals surface area contributed by atoms with E-state index in [1.807, 2.05) is 0 Å². The summed E-state index contributed by atoms with van der Waals surface area (Å²) in [5.41, 5.74) is 1.16. The molecule has 0 spiro atoms. The van der Waals surface area contributed by atoms with Crippen molar-refractivity contribution in [3.8, 4) is 11.3 Å². The van der Waals surface area contributed by atoms with Crippen LogP contribution in [0.15, 0.2) is 39.9 Å². The molecular formula is C14H12N2O5. The normalized spacial score (nSPS) is 10.8. The fourth-order valence-corrected chi connectivity index (χ4v) is 1.81. The van der Waals surface area contributed by atoms with Gasteiger partial charge in [-0.1, -0.05) is 17.3 Å². The van der Waals surface area contributed by atoms with E-state index in [1.165, 1.54) is 19.2 Å². The van der Waals surface area contributed by atoms with Gasteiger partial charge in [0.25, 0.3) is 5.69 Å². The van der Waals surface area contributed by atoms with Crippen LogP contribution in [0, 0.1) is 17.0 Å². The molecule has 0 N–H and O–H groups in total. The Morgan fingerprint density at radius 2 is 2.14 bits per heavy atom. The van der Waals surface area contributed by atoms with Crippen LogP contribution in [0.25, 0.3) is 11.3 Å². The largest absolute Gasteiger partial charge is 0.455 e. The molecule has 0 aliphatic heterocycles. The van der Waals surface area contributed by atoms with E-state index < -0.39 is 10.9 Å². The standard InChI is InChI=1S/C14H12N2O5/c1-9-12(4-3-5-13(9)16(18)19)14-7-6-11(20-14)8-15-21-10(2)17/h3-8H,1-2H3/b15-8-. The zero-order chi connectivity index (χ0) is 15.4. The second-order valence-electron chi connectivity index (χ2n) is 4.23. The van der Waals surface area contributed by atoms with Crippen LogP contribution in [0.5, 0.6) is 0 Å². The van der Waals surface area contributed by atoms with Crippen LogP contribution in [0.1, 0.15) is 18.2 Å². The molecule has 0 fully saturated rings. The number of rotatable bonds is 4. The van der Waals surface area contributed by atoms with Gasteiger partial charge in [-0.3, -0.25) is 10.1 Å². The van der Waals surface area contributed by atoms with E-state index in [0.717, 1.165) is 0 Å². The summed E-state index contributed by atoms with van der Waals surface area (Å²) in [6, 6.07) is 8.05. The molecule has 0 bridgehead atoms. The van der Waals surface area contributed by atoms with Crippen molar-refractivity contribution in [3.05, 3.63) is 51.8 Å². The third-order valence-electron chi connectivity index (χ3n) is 2.76. The van der Waals surface area contributed by atoms with Gasteiger partial charge >= 0.3 is 5.97 Å². The molecule has 1 aromatic carbocycles. The molecule has 0 saturated carbocycles.